The smallest absolute Gasteiger partial charge is 0.146 e. The molecule has 0 radical (unpaired) electrons. The Kier molecular flexibility index (Phi) is 4.81. The average Bonchev–Trinajstić information content (AvgIpc) is 2.47. The monoisotopic (exact) mass is 329 g/mol. The molecule has 0 saturated heterocycles. The molecule has 102 valence electrons. The molecule has 0 fully saturated rings. The van der Waals surface area contributed by atoms with Gasteiger partial charge in [-0.1, -0.05) is 38.1 Å². The van der Waals surface area contributed by atoms with Gasteiger partial charge in [0.2, 0.25) is 0 Å². The molecule has 1 atom stereocenters. The lowest BCUT2D eigenvalue weighted by Gasteiger charge is -2.16. The van der Waals surface area contributed by atoms with Crippen molar-refractivity contribution in [2.45, 2.75) is 26.2 Å². The first-order valence-electron chi connectivity index (χ1n) is 6.62. The molecule has 1 unspecified atom stereocenters. The van der Waals surface area contributed by atoms with Crippen LogP contribution in [-0.4, -0.2) is 0 Å². The first-order valence-corrected chi connectivity index (χ1v) is 7.42. The SMILES string of the molecule is CCC(C)c1ccccc1Oc1cccc(Br)c1C#N. The van der Waals surface area contributed by atoms with Gasteiger partial charge in [-0.2, -0.15) is 5.26 Å². The molecule has 0 heterocycles. The van der Waals surface area contributed by atoms with Crippen LogP contribution in [0.2, 0.25) is 0 Å². The lowest BCUT2D eigenvalue weighted by Crippen LogP contribution is -1.97. The average molecular weight is 330 g/mol. The minimum atomic E-state index is 0.420. The Morgan fingerprint density at radius 1 is 1.15 bits per heavy atom. The second kappa shape index (κ2) is 6.58. The molecule has 3 heteroatoms. The molecule has 2 nitrogen and oxygen atoms in total. The maximum atomic E-state index is 9.24. The zero-order valence-corrected chi connectivity index (χ0v) is 13.1. The highest BCUT2D eigenvalue weighted by molar-refractivity contribution is 9.10. The van der Waals surface area contributed by atoms with Gasteiger partial charge in [-0.05, 0) is 52.0 Å². The van der Waals surface area contributed by atoms with Gasteiger partial charge in [0, 0.05) is 4.47 Å². The zero-order chi connectivity index (χ0) is 14.5. The van der Waals surface area contributed by atoms with Gasteiger partial charge in [0.25, 0.3) is 0 Å². The summed E-state index contributed by atoms with van der Waals surface area (Å²) in [5.41, 5.74) is 1.69. The van der Waals surface area contributed by atoms with Crippen LogP contribution in [-0.2, 0) is 0 Å². The van der Waals surface area contributed by atoms with Crippen molar-refractivity contribution in [3.8, 4) is 17.6 Å². The molecule has 0 saturated carbocycles. The first kappa shape index (κ1) is 14.6. The standard InChI is InChI=1S/C17H16BrNO/c1-3-12(2)13-7-4-5-9-16(13)20-17-10-6-8-15(18)14(17)11-19/h4-10,12H,3H2,1-2H3. The van der Waals surface area contributed by atoms with Crippen molar-refractivity contribution in [1.29, 1.82) is 5.26 Å². The van der Waals surface area contributed by atoms with Crippen molar-refractivity contribution in [2.24, 2.45) is 0 Å². The maximum absolute atomic E-state index is 9.24. The molecule has 0 aliphatic heterocycles. The summed E-state index contributed by atoms with van der Waals surface area (Å²) >= 11 is 3.38. The van der Waals surface area contributed by atoms with Gasteiger partial charge < -0.3 is 4.74 Å². The van der Waals surface area contributed by atoms with E-state index in [-0.39, 0.29) is 0 Å². The molecule has 2 aromatic carbocycles. The fraction of sp³-hybridized carbons (Fsp3) is 0.235. The van der Waals surface area contributed by atoms with E-state index in [9.17, 15) is 5.26 Å². The third kappa shape index (κ3) is 3.02. The van der Waals surface area contributed by atoms with E-state index in [0.717, 1.165) is 16.6 Å². The largest absolute Gasteiger partial charge is 0.456 e. The second-order valence-electron chi connectivity index (χ2n) is 4.67. The third-order valence-electron chi connectivity index (χ3n) is 3.37. The number of benzene rings is 2. The van der Waals surface area contributed by atoms with E-state index in [2.05, 4.69) is 41.9 Å². The third-order valence-corrected chi connectivity index (χ3v) is 4.03. The van der Waals surface area contributed by atoms with Crippen LogP contribution in [0, 0.1) is 11.3 Å². The van der Waals surface area contributed by atoms with Gasteiger partial charge in [0.15, 0.2) is 0 Å². The predicted octanol–water partition coefficient (Wildman–Crippen LogP) is 5.63. The van der Waals surface area contributed by atoms with Crippen molar-refractivity contribution in [3.63, 3.8) is 0 Å². The number of nitriles is 1. The molecular weight excluding hydrogens is 314 g/mol. The summed E-state index contributed by atoms with van der Waals surface area (Å²) in [5, 5.41) is 9.24. The van der Waals surface area contributed by atoms with Crippen LogP contribution in [0.5, 0.6) is 11.5 Å². The normalized spacial score (nSPS) is 11.7. The molecular formula is C17H16BrNO. The molecule has 0 aliphatic carbocycles. The van der Waals surface area contributed by atoms with E-state index in [0.29, 0.717) is 17.2 Å². The lowest BCUT2D eigenvalue weighted by atomic mass is 9.98. The van der Waals surface area contributed by atoms with E-state index in [4.69, 9.17) is 4.74 Å². The van der Waals surface area contributed by atoms with Crippen LogP contribution < -0.4 is 4.74 Å². The van der Waals surface area contributed by atoms with E-state index in [1.54, 1.807) is 0 Å². The van der Waals surface area contributed by atoms with E-state index >= 15 is 0 Å². The lowest BCUT2D eigenvalue weighted by molar-refractivity contribution is 0.468. The van der Waals surface area contributed by atoms with Crippen molar-refractivity contribution < 1.29 is 4.74 Å². The van der Waals surface area contributed by atoms with Gasteiger partial charge >= 0.3 is 0 Å². The van der Waals surface area contributed by atoms with Gasteiger partial charge in [-0.25, -0.2) is 0 Å². The zero-order valence-electron chi connectivity index (χ0n) is 11.6. The van der Waals surface area contributed by atoms with Crippen LogP contribution in [0.15, 0.2) is 46.9 Å². The molecule has 0 aliphatic rings. The van der Waals surface area contributed by atoms with Gasteiger partial charge in [-0.15, -0.1) is 0 Å². The number of ether oxygens (including phenoxy) is 1. The molecule has 0 bridgehead atoms. The van der Waals surface area contributed by atoms with Crippen LogP contribution >= 0.6 is 15.9 Å². The van der Waals surface area contributed by atoms with Crippen LogP contribution in [0.1, 0.15) is 37.3 Å². The van der Waals surface area contributed by atoms with Crippen molar-refractivity contribution >= 4 is 15.9 Å². The first-order chi connectivity index (χ1) is 9.67. The summed E-state index contributed by atoms with van der Waals surface area (Å²) in [4.78, 5) is 0. The topological polar surface area (TPSA) is 33.0 Å². The Balaban J connectivity index is 2.41. The quantitative estimate of drug-likeness (QED) is 0.728. The number of halogens is 1. The molecule has 2 rings (SSSR count). The van der Waals surface area contributed by atoms with E-state index in [1.807, 2.05) is 36.4 Å². The minimum absolute atomic E-state index is 0.420. The second-order valence-corrected chi connectivity index (χ2v) is 5.53. The van der Waals surface area contributed by atoms with E-state index < -0.39 is 0 Å². The molecule has 0 N–H and O–H groups in total. The summed E-state index contributed by atoms with van der Waals surface area (Å²) < 4.78 is 6.73. The minimum Gasteiger partial charge on any atom is -0.456 e. The summed E-state index contributed by atoms with van der Waals surface area (Å²) in [6, 6.07) is 15.7. The molecule has 2 aromatic rings. The highest BCUT2D eigenvalue weighted by atomic mass is 79.9. The molecule has 0 aromatic heterocycles. The van der Waals surface area contributed by atoms with Gasteiger partial charge in [-0.3, -0.25) is 0 Å². The molecule has 0 amide bonds. The van der Waals surface area contributed by atoms with Crippen LogP contribution in [0.25, 0.3) is 0 Å². The Bertz CT molecular complexity index is 646. The van der Waals surface area contributed by atoms with Crippen molar-refractivity contribution in [3.05, 3.63) is 58.1 Å². The Hall–Kier alpha value is -1.79. The maximum Gasteiger partial charge on any atom is 0.146 e. The van der Waals surface area contributed by atoms with Gasteiger partial charge in [0.05, 0.1) is 0 Å². The summed E-state index contributed by atoms with van der Waals surface area (Å²) in [7, 11) is 0. The van der Waals surface area contributed by atoms with Gasteiger partial charge in [0.1, 0.15) is 23.1 Å². The number of hydrogen-bond acceptors (Lipinski definition) is 2. The number of nitrogens with zero attached hydrogens (tertiary/aromatic N) is 1. The molecule has 20 heavy (non-hydrogen) atoms. The van der Waals surface area contributed by atoms with Crippen molar-refractivity contribution in [2.75, 3.05) is 0 Å². The van der Waals surface area contributed by atoms with Crippen LogP contribution in [0.4, 0.5) is 0 Å². The Morgan fingerprint density at radius 3 is 2.55 bits per heavy atom. The fourth-order valence-corrected chi connectivity index (χ4v) is 2.45. The highest BCUT2D eigenvalue weighted by Crippen LogP contribution is 2.35. The summed E-state index contributed by atoms with van der Waals surface area (Å²) in [6.07, 6.45) is 1.05. The Morgan fingerprint density at radius 2 is 1.85 bits per heavy atom. The summed E-state index contributed by atoms with van der Waals surface area (Å²) in [6.45, 7) is 4.33. The predicted molar refractivity (Wildman–Crippen MR) is 84.1 cm³/mol. The fourth-order valence-electron chi connectivity index (χ4n) is 2.02. The number of hydrogen-bond donors (Lipinski definition) is 0. The highest BCUT2D eigenvalue weighted by Gasteiger charge is 2.13. The van der Waals surface area contributed by atoms with Crippen LogP contribution in [0.3, 0.4) is 0 Å². The summed E-state index contributed by atoms with van der Waals surface area (Å²) in [5.74, 6) is 1.82. The van der Waals surface area contributed by atoms with Crippen molar-refractivity contribution in [1.82, 2.24) is 0 Å². The Labute approximate surface area is 128 Å². The number of para-hydroxylation sites is 1. The number of rotatable bonds is 4. The van der Waals surface area contributed by atoms with E-state index in [1.165, 1.54) is 5.56 Å². The molecule has 0 spiro atoms.